The van der Waals surface area contributed by atoms with Gasteiger partial charge in [-0.05, 0) is 37.3 Å². The Balaban J connectivity index is 2.27. The van der Waals surface area contributed by atoms with E-state index >= 15 is 0 Å². The van der Waals surface area contributed by atoms with Crippen LogP contribution in [0.3, 0.4) is 0 Å². The SMILES string of the molecule is CC(NC(=O)c1ccc2[nH]c(=S)oc2c1)C(N)=O. The molecule has 0 aliphatic carbocycles. The van der Waals surface area contributed by atoms with Crippen LogP contribution in [-0.2, 0) is 4.79 Å². The zero-order chi connectivity index (χ0) is 13.3. The van der Waals surface area contributed by atoms with Gasteiger partial charge in [0, 0.05) is 5.56 Å². The van der Waals surface area contributed by atoms with Gasteiger partial charge in [-0.3, -0.25) is 9.59 Å². The number of aromatic nitrogens is 1. The third kappa shape index (κ3) is 2.40. The smallest absolute Gasteiger partial charge is 0.266 e. The molecule has 0 radical (unpaired) electrons. The molecular formula is C11H11N3O3S. The first-order valence-electron chi connectivity index (χ1n) is 5.20. The fourth-order valence-electron chi connectivity index (χ4n) is 1.44. The summed E-state index contributed by atoms with van der Waals surface area (Å²) in [6.07, 6.45) is 0. The molecule has 0 saturated heterocycles. The second-order valence-corrected chi connectivity index (χ2v) is 4.19. The van der Waals surface area contributed by atoms with Crippen molar-refractivity contribution in [3.63, 3.8) is 0 Å². The van der Waals surface area contributed by atoms with E-state index in [9.17, 15) is 9.59 Å². The molecule has 1 aromatic heterocycles. The molecule has 0 aliphatic heterocycles. The van der Waals surface area contributed by atoms with Crippen LogP contribution in [0.1, 0.15) is 17.3 Å². The van der Waals surface area contributed by atoms with Gasteiger partial charge in [0.25, 0.3) is 10.7 Å². The number of benzene rings is 1. The Morgan fingerprint density at radius 1 is 1.50 bits per heavy atom. The molecule has 0 fully saturated rings. The molecule has 1 unspecified atom stereocenters. The highest BCUT2D eigenvalue weighted by atomic mass is 32.1. The first kappa shape index (κ1) is 12.3. The first-order valence-corrected chi connectivity index (χ1v) is 5.61. The van der Waals surface area contributed by atoms with Crippen molar-refractivity contribution in [3.05, 3.63) is 28.6 Å². The molecule has 0 bridgehead atoms. The molecule has 7 heteroatoms. The molecule has 2 amide bonds. The highest BCUT2D eigenvalue weighted by molar-refractivity contribution is 7.71. The van der Waals surface area contributed by atoms with Crippen LogP contribution in [0.15, 0.2) is 22.6 Å². The molecule has 18 heavy (non-hydrogen) atoms. The highest BCUT2D eigenvalue weighted by Crippen LogP contribution is 2.15. The van der Waals surface area contributed by atoms with E-state index in [-0.39, 0.29) is 4.84 Å². The van der Waals surface area contributed by atoms with Crippen LogP contribution in [0.4, 0.5) is 0 Å². The summed E-state index contributed by atoms with van der Waals surface area (Å²) in [5.41, 5.74) is 6.63. The number of oxazole rings is 1. The molecule has 1 atom stereocenters. The van der Waals surface area contributed by atoms with Gasteiger partial charge in [0.1, 0.15) is 6.04 Å². The lowest BCUT2D eigenvalue weighted by molar-refractivity contribution is -0.119. The maximum atomic E-state index is 11.8. The molecule has 1 aromatic carbocycles. The van der Waals surface area contributed by atoms with Crippen molar-refractivity contribution in [2.75, 3.05) is 0 Å². The zero-order valence-electron chi connectivity index (χ0n) is 9.52. The van der Waals surface area contributed by atoms with Crippen molar-refractivity contribution >= 4 is 35.1 Å². The van der Waals surface area contributed by atoms with Crippen LogP contribution in [0, 0.1) is 4.84 Å². The largest absolute Gasteiger partial charge is 0.429 e. The molecule has 0 spiro atoms. The maximum Gasteiger partial charge on any atom is 0.266 e. The van der Waals surface area contributed by atoms with E-state index in [4.69, 9.17) is 22.4 Å². The molecule has 0 saturated carbocycles. The van der Waals surface area contributed by atoms with E-state index in [0.29, 0.717) is 16.7 Å². The zero-order valence-corrected chi connectivity index (χ0v) is 10.3. The lowest BCUT2D eigenvalue weighted by Gasteiger charge is -2.09. The lowest BCUT2D eigenvalue weighted by Crippen LogP contribution is -2.42. The molecule has 0 aliphatic rings. The Kier molecular flexibility index (Phi) is 3.15. The molecule has 4 N–H and O–H groups in total. The second-order valence-electron chi connectivity index (χ2n) is 3.82. The number of nitrogens with one attached hydrogen (secondary N) is 2. The Morgan fingerprint density at radius 2 is 2.22 bits per heavy atom. The van der Waals surface area contributed by atoms with Crippen LogP contribution in [0.25, 0.3) is 11.1 Å². The number of fused-ring (bicyclic) bond motifs is 1. The molecule has 6 nitrogen and oxygen atoms in total. The predicted molar refractivity (Wildman–Crippen MR) is 67.5 cm³/mol. The summed E-state index contributed by atoms with van der Waals surface area (Å²) >= 11 is 4.84. The van der Waals surface area contributed by atoms with Gasteiger partial charge in [-0.25, -0.2) is 0 Å². The number of rotatable bonds is 3. The number of aromatic amines is 1. The van der Waals surface area contributed by atoms with Gasteiger partial charge >= 0.3 is 0 Å². The second kappa shape index (κ2) is 4.61. The van der Waals surface area contributed by atoms with E-state index in [2.05, 4.69) is 10.3 Å². The van der Waals surface area contributed by atoms with Gasteiger partial charge < -0.3 is 20.5 Å². The van der Waals surface area contributed by atoms with E-state index in [1.807, 2.05) is 0 Å². The Hall–Kier alpha value is -2.15. The molecule has 1 heterocycles. The van der Waals surface area contributed by atoms with Crippen molar-refractivity contribution < 1.29 is 14.0 Å². The predicted octanol–water partition coefficient (Wildman–Crippen LogP) is 1.09. The standard InChI is InChI=1S/C11H11N3O3S/c1-5(9(12)15)13-10(16)6-2-3-7-8(4-6)17-11(18)14-7/h2-5H,1H3,(H2,12,15)(H,13,16)(H,14,18). The fraction of sp³-hybridized carbons (Fsp3) is 0.182. The van der Waals surface area contributed by atoms with E-state index < -0.39 is 17.9 Å². The van der Waals surface area contributed by atoms with Crippen LogP contribution < -0.4 is 11.1 Å². The summed E-state index contributed by atoms with van der Waals surface area (Å²) in [5, 5.41) is 2.48. The van der Waals surface area contributed by atoms with Crippen LogP contribution in [-0.4, -0.2) is 22.8 Å². The summed E-state index contributed by atoms with van der Waals surface area (Å²) < 4.78 is 5.20. The van der Waals surface area contributed by atoms with E-state index in [1.54, 1.807) is 18.2 Å². The minimum absolute atomic E-state index is 0.244. The van der Waals surface area contributed by atoms with Crippen molar-refractivity contribution in [1.29, 1.82) is 0 Å². The summed E-state index contributed by atoms with van der Waals surface area (Å²) in [7, 11) is 0. The monoisotopic (exact) mass is 265 g/mol. The maximum absolute atomic E-state index is 11.8. The van der Waals surface area contributed by atoms with Crippen LogP contribution in [0.5, 0.6) is 0 Å². The average Bonchev–Trinajstić information content (AvgIpc) is 2.67. The molecule has 94 valence electrons. The van der Waals surface area contributed by atoms with Crippen molar-refractivity contribution in [2.24, 2.45) is 5.73 Å². The van der Waals surface area contributed by atoms with Crippen molar-refractivity contribution in [2.45, 2.75) is 13.0 Å². The number of H-pyrrole nitrogens is 1. The summed E-state index contributed by atoms with van der Waals surface area (Å²) in [6.45, 7) is 1.51. The number of amides is 2. The van der Waals surface area contributed by atoms with Gasteiger partial charge in [0.05, 0.1) is 5.52 Å². The number of carbonyl (C=O) groups is 2. The molecular weight excluding hydrogens is 254 g/mol. The van der Waals surface area contributed by atoms with Crippen LogP contribution in [0.2, 0.25) is 0 Å². The van der Waals surface area contributed by atoms with Crippen LogP contribution >= 0.6 is 12.2 Å². The highest BCUT2D eigenvalue weighted by Gasteiger charge is 2.14. The quantitative estimate of drug-likeness (QED) is 0.723. The van der Waals surface area contributed by atoms with Gasteiger partial charge in [-0.2, -0.15) is 0 Å². The number of primary amides is 1. The third-order valence-electron chi connectivity index (χ3n) is 2.46. The van der Waals surface area contributed by atoms with E-state index in [0.717, 1.165) is 0 Å². The summed E-state index contributed by atoms with van der Waals surface area (Å²) in [6, 6.07) is 4.10. The van der Waals surface area contributed by atoms with Gasteiger partial charge in [0.2, 0.25) is 5.91 Å². The molecule has 2 rings (SSSR count). The Bertz CT molecular complexity index is 673. The Morgan fingerprint density at radius 3 is 2.89 bits per heavy atom. The summed E-state index contributed by atoms with van der Waals surface area (Å²) in [5.74, 6) is -0.992. The fourth-order valence-corrected chi connectivity index (χ4v) is 1.64. The molecule has 2 aromatic rings. The minimum Gasteiger partial charge on any atom is -0.429 e. The number of hydrogen-bond donors (Lipinski definition) is 3. The number of nitrogens with two attached hydrogens (primary N) is 1. The lowest BCUT2D eigenvalue weighted by atomic mass is 10.2. The first-order chi connectivity index (χ1) is 8.47. The van der Waals surface area contributed by atoms with Crippen molar-refractivity contribution in [3.8, 4) is 0 Å². The number of hydrogen-bond acceptors (Lipinski definition) is 4. The van der Waals surface area contributed by atoms with Crippen molar-refractivity contribution in [1.82, 2.24) is 10.3 Å². The Labute approximate surface area is 107 Å². The topological polar surface area (TPSA) is 101 Å². The van der Waals surface area contributed by atoms with Gasteiger partial charge in [0.15, 0.2) is 5.58 Å². The van der Waals surface area contributed by atoms with E-state index in [1.165, 1.54) is 6.92 Å². The average molecular weight is 265 g/mol. The van der Waals surface area contributed by atoms with Gasteiger partial charge in [-0.1, -0.05) is 0 Å². The normalized spacial score (nSPS) is 12.3. The van der Waals surface area contributed by atoms with Gasteiger partial charge in [-0.15, -0.1) is 0 Å². The number of carbonyl (C=O) groups excluding carboxylic acids is 2. The summed E-state index contributed by atoms with van der Waals surface area (Å²) in [4.78, 5) is 25.7. The third-order valence-corrected chi connectivity index (χ3v) is 2.64. The minimum atomic E-state index is -0.731.